The van der Waals surface area contributed by atoms with Gasteiger partial charge in [0, 0.05) is 47.5 Å². The lowest BCUT2D eigenvalue weighted by Crippen LogP contribution is -1.91. The fourth-order valence-corrected chi connectivity index (χ4v) is 7.61. The molecule has 10 aromatic rings. The van der Waals surface area contributed by atoms with Crippen molar-refractivity contribution in [2.24, 2.45) is 0 Å². The van der Waals surface area contributed by atoms with Crippen molar-refractivity contribution in [3.63, 3.8) is 0 Å². The standard InChI is InChI=1S/C47H29N3/c1-5-32(33-14-19-45-35(24-33)7-4-22-50-45)23-34(6-1)41-15-10-30-13-18-44-42(16-11-31-12-17-43(41)46(30)47(31)44)40-26-38(36-8-2-20-48-28-36)25-39(27-40)37-9-3-21-49-29-37/h1-29H. The first kappa shape index (κ1) is 28.3. The van der Waals surface area contributed by atoms with Crippen LogP contribution >= 0.6 is 0 Å². The van der Waals surface area contributed by atoms with Crippen molar-refractivity contribution in [2.75, 3.05) is 0 Å². The summed E-state index contributed by atoms with van der Waals surface area (Å²) in [5, 5.41) is 8.75. The molecule has 3 heterocycles. The van der Waals surface area contributed by atoms with Gasteiger partial charge in [-0.2, -0.15) is 0 Å². The van der Waals surface area contributed by atoms with Crippen molar-refractivity contribution in [1.82, 2.24) is 15.0 Å². The number of aromatic nitrogens is 3. The van der Waals surface area contributed by atoms with Gasteiger partial charge in [-0.25, -0.2) is 0 Å². The molecule has 0 aliphatic rings. The minimum atomic E-state index is 1.01. The van der Waals surface area contributed by atoms with E-state index in [0.29, 0.717) is 0 Å². The van der Waals surface area contributed by atoms with Crippen molar-refractivity contribution >= 4 is 43.2 Å². The third-order valence-electron chi connectivity index (χ3n) is 10.0. The number of fused-ring (bicyclic) bond motifs is 1. The van der Waals surface area contributed by atoms with Gasteiger partial charge in [0.15, 0.2) is 0 Å². The summed E-state index contributed by atoms with van der Waals surface area (Å²) in [6.45, 7) is 0. The first-order valence-corrected chi connectivity index (χ1v) is 16.9. The molecule has 3 nitrogen and oxygen atoms in total. The zero-order valence-electron chi connectivity index (χ0n) is 27.1. The second-order valence-corrected chi connectivity index (χ2v) is 12.9. The van der Waals surface area contributed by atoms with Gasteiger partial charge in [-0.1, -0.05) is 91.0 Å². The summed E-state index contributed by atoms with van der Waals surface area (Å²) in [5.41, 5.74) is 12.6. The molecule has 0 saturated carbocycles. The lowest BCUT2D eigenvalue weighted by Gasteiger charge is -2.18. The van der Waals surface area contributed by atoms with Crippen molar-refractivity contribution in [1.29, 1.82) is 0 Å². The van der Waals surface area contributed by atoms with Crippen LogP contribution in [0.1, 0.15) is 0 Å². The summed E-state index contributed by atoms with van der Waals surface area (Å²) >= 11 is 0. The number of hydrogen-bond donors (Lipinski definition) is 0. The van der Waals surface area contributed by atoms with Gasteiger partial charge in [0.25, 0.3) is 0 Å². The van der Waals surface area contributed by atoms with Gasteiger partial charge in [-0.15, -0.1) is 0 Å². The highest BCUT2D eigenvalue weighted by atomic mass is 14.6. The van der Waals surface area contributed by atoms with Crippen molar-refractivity contribution in [2.45, 2.75) is 0 Å². The van der Waals surface area contributed by atoms with E-state index >= 15 is 0 Å². The van der Waals surface area contributed by atoms with Crippen LogP contribution in [0.5, 0.6) is 0 Å². The molecule has 0 saturated heterocycles. The molecule has 3 aromatic heterocycles. The molecule has 0 unspecified atom stereocenters. The number of nitrogens with zero attached hydrogens (tertiary/aromatic N) is 3. The Morgan fingerprint density at radius 3 is 1.52 bits per heavy atom. The number of rotatable bonds is 5. The molecule has 232 valence electrons. The predicted molar refractivity (Wildman–Crippen MR) is 208 cm³/mol. The summed E-state index contributed by atoms with van der Waals surface area (Å²) in [7, 11) is 0. The summed E-state index contributed by atoms with van der Waals surface area (Å²) < 4.78 is 0. The minimum absolute atomic E-state index is 1.01. The summed E-state index contributed by atoms with van der Waals surface area (Å²) in [4.78, 5) is 13.4. The van der Waals surface area contributed by atoms with Crippen LogP contribution in [0, 0.1) is 0 Å². The zero-order chi connectivity index (χ0) is 33.0. The van der Waals surface area contributed by atoms with Crippen molar-refractivity contribution in [3.8, 4) is 55.6 Å². The first-order chi connectivity index (χ1) is 24.8. The van der Waals surface area contributed by atoms with Crippen molar-refractivity contribution in [3.05, 3.63) is 177 Å². The number of hydrogen-bond acceptors (Lipinski definition) is 3. The Balaban J connectivity index is 1.16. The third-order valence-corrected chi connectivity index (χ3v) is 10.0. The molecule has 0 amide bonds. The Labute approximate surface area is 289 Å². The largest absolute Gasteiger partial charge is 0.264 e. The molecular formula is C47H29N3. The molecule has 0 spiro atoms. The molecule has 50 heavy (non-hydrogen) atoms. The van der Waals surface area contributed by atoms with E-state index in [9.17, 15) is 0 Å². The highest BCUT2D eigenvalue weighted by Crippen LogP contribution is 2.44. The van der Waals surface area contributed by atoms with Crippen LogP contribution in [0.3, 0.4) is 0 Å². The Morgan fingerprint density at radius 2 is 0.860 bits per heavy atom. The van der Waals surface area contributed by atoms with Crippen LogP contribution < -0.4 is 0 Å². The van der Waals surface area contributed by atoms with Crippen LogP contribution in [0.4, 0.5) is 0 Å². The third kappa shape index (κ3) is 4.71. The van der Waals surface area contributed by atoms with Crippen LogP contribution in [-0.4, -0.2) is 15.0 Å². The lowest BCUT2D eigenvalue weighted by atomic mass is 9.86. The molecule has 10 rings (SSSR count). The Morgan fingerprint density at radius 1 is 0.320 bits per heavy atom. The van der Waals surface area contributed by atoms with Crippen molar-refractivity contribution < 1.29 is 0 Å². The highest BCUT2D eigenvalue weighted by molar-refractivity contribution is 6.27. The smallest absolute Gasteiger partial charge is 0.0702 e. The summed E-state index contributed by atoms with van der Waals surface area (Å²) in [5.74, 6) is 0. The molecule has 0 aliphatic carbocycles. The zero-order valence-corrected chi connectivity index (χ0v) is 27.1. The maximum absolute atomic E-state index is 4.51. The molecule has 0 radical (unpaired) electrons. The Bertz CT molecular complexity index is 2800. The van der Waals surface area contributed by atoms with Crippen LogP contribution in [0.15, 0.2) is 177 Å². The highest BCUT2D eigenvalue weighted by Gasteiger charge is 2.17. The molecule has 0 bridgehead atoms. The fraction of sp³-hybridized carbons (Fsp3) is 0. The van der Waals surface area contributed by atoms with Gasteiger partial charge in [0.2, 0.25) is 0 Å². The molecular weight excluding hydrogens is 607 g/mol. The van der Waals surface area contributed by atoms with E-state index in [-0.39, 0.29) is 0 Å². The fourth-order valence-electron chi connectivity index (χ4n) is 7.61. The van der Waals surface area contributed by atoms with Crippen LogP contribution in [0.25, 0.3) is 98.9 Å². The van der Waals surface area contributed by atoms with Gasteiger partial charge in [0.1, 0.15) is 0 Å². The average molecular weight is 636 g/mol. The van der Waals surface area contributed by atoms with E-state index in [4.69, 9.17) is 0 Å². The molecule has 3 heteroatoms. The number of pyridine rings is 3. The Hall–Kier alpha value is -6.71. The van der Waals surface area contributed by atoms with E-state index in [1.54, 1.807) is 0 Å². The van der Waals surface area contributed by atoms with Crippen LogP contribution in [-0.2, 0) is 0 Å². The lowest BCUT2D eigenvalue weighted by molar-refractivity contribution is 1.32. The van der Waals surface area contributed by atoms with E-state index in [1.807, 2.05) is 49.2 Å². The molecule has 0 atom stereocenters. The number of benzene rings is 7. The van der Waals surface area contributed by atoms with E-state index < -0.39 is 0 Å². The average Bonchev–Trinajstić information content (AvgIpc) is 3.20. The Kier molecular flexibility index (Phi) is 6.49. The van der Waals surface area contributed by atoms with Gasteiger partial charge in [0.05, 0.1) is 5.52 Å². The van der Waals surface area contributed by atoms with Crippen LogP contribution in [0.2, 0.25) is 0 Å². The topological polar surface area (TPSA) is 38.7 Å². The molecule has 0 fully saturated rings. The van der Waals surface area contributed by atoms with E-state index in [0.717, 1.165) is 33.2 Å². The van der Waals surface area contributed by atoms with Gasteiger partial charge < -0.3 is 0 Å². The summed E-state index contributed by atoms with van der Waals surface area (Å²) in [6.07, 6.45) is 9.36. The van der Waals surface area contributed by atoms with E-state index in [2.05, 4.69) is 142 Å². The molecule has 7 aromatic carbocycles. The SMILES string of the molecule is c1cncc(-c2cc(-c3cccnc3)cc(-c3ccc4ccc5c(-c6cccc(-c7ccc8ncccc8c7)c6)ccc6ccc3c4c65)c2)c1. The second kappa shape index (κ2) is 11.5. The maximum Gasteiger partial charge on any atom is 0.0702 e. The molecule has 0 aliphatic heterocycles. The van der Waals surface area contributed by atoms with Gasteiger partial charge >= 0.3 is 0 Å². The van der Waals surface area contributed by atoms with Gasteiger partial charge in [-0.3, -0.25) is 15.0 Å². The molecule has 0 N–H and O–H groups in total. The normalized spacial score (nSPS) is 11.6. The maximum atomic E-state index is 4.51. The quantitative estimate of drug-likeness (QED) is 0.177. The minimum Gasteiger partial charge on any atom is -0.264 e. The van der Waals surface area contributed by atoms with Gasteiger partial charge in [-0.05, 0) is 131 Å². The van der Waals surface area contributed by atoms with E-state index in [1.165, 1.54) is 65.7 Å². The predicted octanol–water partition coefficient (Wildman–Crippen LogP) is 12.3. The first-order valence-electron chi connectivity index (χ1n) is 16.9. The second-order valence-electron chi connectivity index (χ2n) is 12.9. The monoisotopic (exact) mass is 635 g/mol. The summed E-state index contributed by atoms with van der Waals surface area (Å²) in [6, 6.07) is 52.9.